The van der Waals surface area contributed by atoms with Gasteiger partial charge >= 0.3 is 0 Å². The van der Waals surface area contributed by atoms with E-state index in [4.69, 9.17) is 11.2 Å². The Morgan fingerprint density at radius 2 is 2.27 bits per heavy atom. The molecular formula is C12H22N2O. The van der Waals surface area contributed by atoms with E-state index in [0.717, 1.165) is 39.4 Å². The summed E-state index contributed by atoms with van der Waals surface area (Å²) in [7, 11) is 0. The second-order valence-electron chi connectivity index (χ2n) is 3.99. The largest absolute Gasteiger partial charge is 0.379 e. The lowest BCUT2D eigenvalue weighted by Gasteiger charge is -2.25. The van der Waals surface area contributed by atoms with Crippen LogP contribution in [-0.4, -0.2) is 50.3 Å². The lowest BCUT2D eigenvalue weighted by molar-refractivity contribution is 0.172. The van der Waals surface area contributed by atoms with Gasteiger partial charge in [-0.1, -0.05) is 19.8 Å². The zero-order chi connectivity index (χ0) is 11.1. The van der Waals surface area contributed by atoms with Gasteiger partial charge in [-0.05, 0) is 13.1 Å². The smallest absolute Gasteiger partial charge is 0.0623 e. The maximum absolute atomic E-state index is 5.50. The molecule has 2 unspecified atom stereocenters. The molecule has 86 valence electrons. The molecule has 0 bridgehead atoms. The predicted octanol–water partition coefficient (Wildman–Crippen LogP) is 0.566. The zero-order valence-corrected chi connectivity index (χ0v) is 9.83. The van der Waals surface area contributed by atoms with Crippen molar-refractivity contribution in [2.75, 3.05) is 39.4 Å². The third-order valence-electron chi connectivity index (χ3n) is 2.92. The van der Waals surface area contributed by atoms with Gasteiger partial charge in [0, 0.05) is 18.5 Å². The first-order valence-corrected chi connectivity index (χ1v) is 5.78. The molecule has 1 aliphatic heterocycles. The molecule has 0 aromatic rings. The van der Waals surface area contributed by atoms with Crippen LogP contribution in [-0.2, 0) is 4.74 Å². The van der Waals surface area contributed by atoms with Crippen LogP contribution in [0.5, 0.6) is 0 Å². The zero-order valence-electron chi connectivity index (χ0n) is 9.83. The fraction of sp³-hybridized carbons (Fsp3) is 0.833. The van der Waals surface area contributed by atoms with Crippen LogP contribution in [0.3, 0.4) is 0 Å². The normalized spacial score (nSPS) is 25.7. The number of rotatable bonds is 6. The van der Waals surface area contributed by atoms with Gasteiger partial charge in [-0.25, -0.2) is 0 Å². The molecule has 2 atom stereocenters. The molecule has 1 aliphatic rings. The average Bonchev–Trinajstić information content (AvgIpc) is 2.66. The fourth-order valence-electron chi connectivity index (χ4n) is 2.03. The summed E-state index contributed by atoms with van der Waals surface area (Å²) in [5, 5.41) is 3.46. The van der Waals surface area contributed by atoms with E-state index in [1.807, 2.05) is 0 Å². The van der Waals surface area contributed by atoms with Crippen LogP contribution in [0.1, 0.15) is 13.8 Å². The second kappa shape index (κ2) is 6.84. The molecular weight excluding hydrogens is 188 g/mol. The monoisotopic (exact) mass is 210 g/mol. The van der Waals surface area contributed by atoms with E-state index < -0.39 is 0 Å². The van der Waals surface area contributed by atoms with Gasteiger partial charge in [-0.2, -0.15) is 0 Å². The minimum absolute atomic E-state index is 0.502. The Kier molecular flexibility index (Phi) is 5.70. The first-order chi connectivity index (χ1) is 7.31. The Balaban J connectivity index is 2.38. The number of nitrogens with one attached hydrogen (secondary N) is 1. The molecule has 0 saturated carbocycles. The Morgan fingerprint density at radius 3 is 2.87 bits per heavy atom. The molecule has 1 heterocycles. The molecule has 1 rings (SSSR count). The maximum Gasteiger partial charge on any atom is 0.0623 e. The van der Waals surface area contributed by atoms with E-state index in [-0.39, 0.29) is 0 Å². The number of ether oxygens (including phenoxy) is 1. The van der Waals surface area contributed by atoms with E-state index >= 15 is 0 Å². The summed E-state index contributed by atoms with van der Waals surface area (Å²) in [4.78, 5) is 2.30. The Bertz CT molecular complexity index is 212. The van der Waals surface area contributed by atoms with Crippen molar-refractivity contribution in [2.24, 2.45) is 5.92 Å². The highest BCUT2D eigenvalue weighted by Gasteiger charge is 2.28. The SMILES string of the molecule is C#CCN(CC)CC1COCC1NCC. The van der Waals surface area contributed by atoms with Gasteiger partial charge in [-0.3, -0.25) is 4.90 Å². The van der Waals surface area contributed by atoms with Crippen LogP contribution in [0, 0.1) is 18.3 Å². The van der Waals surface area contributed by atoms with E-state index in [1.54, 1.807) is 0 Å². The quantitative estimate of drug-likeness (QED) is 0.649. The second-order valence-corrected chi connectivity index (χ2v) is 3.99. The number of nitrogens with zero attached hydrogens (tertiary/aromatic N) is 1. The van der Waals surface area contributed by atoms with Gasteiger partial charge in [0.15, 0.2) is 0 Å². The summed E-state index contributed by atoms with van der Waals surface area (Å²) in [5.74, 6) is 3.29. The predicted molar refractivity (Wildman–Crippen MR) is 62.7 cm³/mol. The van der Waals surface area contributed by atoms with E-state index in [2.05, 4.69) is 30.0 Å². The van der Waals surface area contributed by atoms with Crippen molar-refractivity contribution in [2.45, 2.75) is 19.9 Å². The van der Waals surface area contributed by atoms with Crippen molar-refractivity contribution < 1.29 is 4.74 Å². The Labute approximate surface area is 93.2 Å². The average molecular weight is 210 g/mol. The number of hydrogen-bond acceptors (Lipinski definition) is 3. The number of hydrogen-bond donors (Lipinski definition) is 1. The maximum atomic E-state index is 5.50. The third kappa shape index (κ3) is 3.83. The molecule has 0 radical (unpaired) electrons. The summed E-state index contributed by atoms with van der Waals surface area (Å²) in [6.07, 6.45) is 5.33. The van der Waals surface area contributed by atoms with Gasteiger partial charge in [0.25, 0.3) is 0 Å². The summed E-state index contributed by atoms with van der Waals surface area (Å²) >= 11 is 0. The van der Waals surface area contributed by atoms with Crippen LogP contribution in [0.25, 0.3) is 0 Å². The van der Waals surface area contributed by atoms with Crippen molar-refractivity contribution >= 4 is 0 Å². The van der Waals surface area contributed by atoms with Crippen LogP contribution in [0.4, 0.5) is 0 Å². The molecule has 15 heavy (non-hydrogen) atoms. The molecule has 1 N–H and O–H groups in total. The van der Waals surface area contributed by atoms with Crippen molar-refractivity contribution in [3.8, 4) is 12.3 Å². The standard InChI is InChI=1S/C12H22N2O/c1-4-7-14(6-3)8-11-9-15-10-12(11)13-5-2/h1,11-13H,5-10H2,2-3H3. The summed E-state index contributed by atoms with van der Waals surface area (Å²) in [5.41, 5.74) is 0. The van der Waals surface area contributed by atoms with Gasteiger partial charge in [-0.15, -0.1) is 6.42 Å². The van der Waals surface area contributed by atoms with Crippen LogP contribution >= 0.6 is 0 Å². The summed E-state index contributed by atoms with van der Waals surface area (Å²) in [6.45, 7) is 9.78. The topological polar surface area (TPSA) is 24.5 Å². The van der Waals surface area contributed by atoms with Crippen molar-refractivity contribution in [3.05, 3.63) is 0 Å². The lowest BCUT2D eigenvalue weighted by Crippen LogP contribution is -2.41. The minimum Gasteiger partial charge on any atom is -0.379 e. The molecule has 1 saturated heterocycles. The molecule has 0 amide bonds. The first-order valence-electron chi connectivity index (χ1n) is 5.78. The van der Waals surface area contributed by atoms with Crippen molar-refractivity contribution in [1.82, 2.24) is 10.2 Å². The molecule has 0 aliphatic carbocycles. The van der Waals surface area contributed by atoms with Crippen LogP contribution in [0.15, 0.2) is 0 Å². The highest BCUT2D eigenvalue weighted by molar-refractivity contribution is 4.90. The third-order valence-corrected chi connectivity index (χ3v) is 2.92. The fourth-order valence-corrected chi connectivity index (χ4v) is 2.03. The van der Waals surface area contributed by atoms with Crippen molar-refractivity contribution in [1.29, 1.82) is 0 Å². The lowest BCUT2D eigenvalue weighted by atomic mass is 10.0. The van der Waals surface area contributed by atoms with Gasteiger partial charge < -0.3 is 10.1 Å². The van der Waals surface area contributed by atoms with E-state index in [9.17, 15) is 0 Å². The van der Waals surface area contributed by atoms with Crippen LogP contribution < -0.4 is 5.32 Å². The molecule has 0 aromatic heterocycles. The Hall–Kier alpha value is -0.560. The molecule has 3 nitrogen and oxygen atoms in total. The highest BCUT2D eigenvalue weighted by atomic mass is 16.5. The Morgan fingerprint density at radius 1 is 1.47 bits per heavy atom. The molecule has 0 aromatic carbocycles. The summed E-state index contributed by atoms with van der Waals surface area (Å²) < 4.78 is 5.50. The minimum atomic E-state index is 0.502. The highest BCUT2D eigenvalue weighted by Crippen LogP contribution is 2.15. The first kappa shape index (κ1) is 12.5. The number of terminal acetylenes is 1. The number of likely N-dealkylation sites (N-methyl/N-ethyl adjacent to an activating group) is 1. The van der Waals surface area contributed by atoms with E-state index in [0.29, 0.717) is 12.0 Å². The van der Waals surface area contributed by atoms with Crippen molar-refractivity contribution in [3.63, 3.8) is 0 Å². The molecule has 0 spiro atoms. The molecule has 1 fully saturated rings. The van der Waals surface area contributed by atoms with Crippen LogP contribution in [0.2, 0.25) is 0 Å². The van der Waals surface area contributed by atoms with E-state index in [1.165, 1.54) is 0 Å². The van der Waals surface area contributed by atoms with Gasteiger partial charge in [0.2, 0.25) is 0 Å². The summed E-state index contributed by atoms with van der Waals surface area (Å²) in [6, 6.07) is 0.502. The van der Waals surface area contributed by atoms with Gasteiger partial charge in [0.1, 0.15) is 0 Å². The molecule has 3 heteroatoms. The van der Waals surface area contributed by atoms with Gasteiger partial charge in [0.05, 0.1) is 19.8 Å².